The molecule has 0 saturated carbocycles. The summed E-state index contributed by atoms with van der Waals surface area (Å²) in [4.78, 5) is 9.75. The van der Waals surface area contributed by atoms with E-state index in [1.54, 1.807) is 0 Å². The van der Waals surface area contributed by atoms with Crippen molar-refractivity contribution in [2.75, 3.05) is 0 Å². The molecule has 0 aliphatic rings. The van der Waals surface area contributed by atoms with Crippen molar-refractivity contribution in [1.29, 1.82) is 0 Å². The van der Waals surface area contributed by atoms with Crippen LogP contribution in [0.15, 0.2) is 12.8 Å². The summed E-state index contributed by atoms with van der Waals surface area (Å²) in [6.45, 7) is 4.48. The van der Waals surface area contributed by atoms with Gasteiger partial charge >= 0.3 is 24.8 Å². The molecule has 0 rings (SSSR count). The van der Waals surface area contributed by atoms with E-state index in [1.807, 2.05) is 0 Å². The van der Waals surface area contributed by atoms with Crippen molar-refractivity contribution >= 4 is 17.3 Å². The average molecular weight is 176 g/mol. The van der Waals surface area contributed by atoms with Crippen LogP contribution in [0, 0.1) is 0 Å². The largest absolute Gasteiger partial charge is 1.00 e. The summed E-state index contributed by atoms with van der Waals surface area (Å²) in [5.41, 5.74) is 0. The molecule has 0 saturated heterocycles. The van der Waals surface area contributed by atoms with Gasteiger partial charge in [-0.25, -0.2) is 0 Å². The molecule has 0 bridgehead atoms. The smallest absolute Gasteiger partial charge is 1.00 e. The molecule has 0 aliphatic heterocycles. The zero-order valence-corrected chi connectivity index (χ0v) is 7.13. The van der Waals surface area contributed by atoms with Crippen molar-refractivity contribution in [3.05, 3.63) is 12.8 Å². The standard InChI is InChI=1S/C4H6O2.Li.H2O3S.H/c1-3-6-4(2)5;;1-4(2)3;/h3H,1H2,2H3;;(H2,1,2,3);/q;+1;;-1. The quantitative estimate of drug-likeness (QED) is 0.199. The van der Waals surface area contributed by atoms with Crippen molar-refractivity contribution < 1.29 is 43.1 Å². The molecule has 5 nitrogen and oxygen atoms in total. The fourth-order valence-corrected chi connectivity index (χ4v) is 0.117. The van der Waals surface area contributed by atoms with Crippen molar-refractivity contribution in [1.82, 2.24) is 0 Å². The minimum absolute atomic E-state index is 0. The van der Waals surface area contributed by atoms with Crippen molar-refractivity contribution in [3.8, 4) is 0 Å². The Morgan fingerprint density at radius 2 is 2.00 bits per heavy atom. The number of carbonyl (C=O) groups is 1. The van der Waals surface area contributed by atoms with Crippen LogP contribution >= 0.6 is 0 Å². The third-order valence-electron chi connectivity index (χ3n) is 0.249. The molecule has 0 aromatic carbocycles. The molecule has 0 fully saturated rings. The van der Waals surface area contributed by atoms with Gasteiger partial charge in [0.2, 0.25) is 0 Å². The zero-order chi connectivity index (χ0) is 8.57. The van der Waals surface area contributed by atoms with Gasteiger partial charge in [-0.15, -0.1) is 0 Å². The van der Waals surface area contributed by atoms with Crippen molar-refractivity contribution in [2.24, 2.45) is 0 Å². The second kappa shape index (κ2) is 12.5. The first-order valence-electron chi connectivity index (χ1n) is 2.08. The molecule has 2 N–H and O–H groups in total. The number of hydrogen-bond donors (Lipinski definition) is 2. The van der Waals surface area contributed by atoms with Crippen LogP contribution in [0.1, 0.15) is 8.35 Å². The fraction of sp³-hybridized carbons (Fsp3) is 0.250. The Bertz CT molecular complexity index is 137. The van der Waals surface area contributed by atoms with Crippen LogP contribution in [0.25, 0.3) is 0 Å². The van der Waals surface area contributed by atoms with Gasteiger partial charge in [0.25, 0.3) is 11.4 Å². The van der Waals surface area contributed by atoms with E-state index in [0.717, 1.165) is 6.26 Å². The first kappa shape index (κ1) is 17.1. The Kier molecular flexibility index (Phi) is 19.5. The van der Waals surface area contributed by atoms with Gasteiger partial charge in [0.05, 0.1) is 6.26 Å². The Labute approximate surface area is 80.6 Å². The van der Waals surface area contributed by atoms with Gasteiger partial charge in [-0.05, 0) is 0 Å². The van der Waals surface area contributed by atoms with Gasteiger partial charge in [0.15, 0.2) is 0 Å². The molecule has 62 valence electrons. The van der Waals surface area contributed by atoms with E-state index >= 15 is 0 Å². The molecule has 0 heterocycles. The molecule has 0 amide bonds. The number of ether oxygens (including phenoxy) is 1. The Morgan fingerprint density at radius 1 is 1.73 bits per heavy atom. The second-order valence-electron chi connectivity index (χ2n) is 1.01. The van der Waals surface area contributed by atoms with Crippen molar-refractivity contribution in [2.45, 2.75) is 6.92 Å². The van der Waals surface area contributed by atoms with Crippen LogP contribution in [0.2, 0.25) is 0 Å². The van der Waals surface area contributed by atoms with E-state index in [1.165, 1.54) is 6.92 Å². The van der Waals surface area contributed by atoms with E-state index in [9.17, 15) is 4.79 Å². The first-order valence-corrected chi connectivity index (χ1v) is 3.15. The predicted octanol–water partition coefficient (Wildman–Crippen LogP) is -2.51. The molecular formula is C4H9LiO5S. The third kappa shape index (κ3) is 74.0. The number of esters is 1. The summed E-state index contributed by atoms with van der Waals surface area (Å²) >= 11 is -2.61. The molecule has 7 heteroatoms. The maximum absolute atomic E-state index is 9.75. The molecule has 0 atom stereocenters. The normalized spacial score (nSPS) is 6.91. The molecule has 0 unspecified atom stereocenters. The topological polar surface area (TPSA) is 83.8 Å². The summed E-state index contributed by atoms with van der Waals surface area (Å²) < 4.78 is 27.0. The zero-order valence-electron chi connectivity index (χ0n) is 7.31. The van der Waals surface area contributed by atoms with Gasteiger partial charge in [-0.2, -0.15) is 4.21 Å². The molecule has 0 radical (unpaired) electrons. The fourth-order valence-electron chi connectivity index (χ4n) is 0.117. The summed E-state index contributed by atoms with van der Waals surface area (Å²) in [5.74, 6) is -0.329. The third-order valence-corrected chi connectivity index (χ3v) is 0.249. The van der Waals surface area contributed by atoms with E-state index in [0.29, 0.717) is 0 Å². The van der Waals surface area contributed by atoms with Gasteiger partial charge in [-0.1, -0.05) is 6.58 Å². The minimum atomic E-state index is -2.61. The number of carbonyl (C=O) groups excluding carboxylic acids is 1. The Balaban J connectivity index is -0.0000000483. The van der Waals surface area contributed by atoms with Crippen LogP contribution < -0.4 is 18.9 Å². The SMILES string of the molecule is C=COC(C)=O.O=S(O)O.[H-].[Li+]. The van der Waals surface area contributed by atoms with E-state index in [-0.39, 0.29) is 26.3 Å². The van der Waals surface area contributed by atoms with Crippen LogP contribution in [-0.4, -0.2) is 19.3 Å². The predicted molar refractivity (Wildman–Crippen MR) is 36.5 cm³/mol. The molecule has 0 aliphatic carbocycles. The van der Waals surface area contributed by atoms with Crippen LogP contribution in [0.5, 0.6) is 0 Å². The summed E-state index contributed by atoms with van der Waals surface area (Å²) in [7, 11) is 0. The maximum atomic E-state index is 9.75. The monoisotopic (exact) mass is 176 g/mol. The molecule has 0 aromatic heterocycles. The summed E-state index contributed by atoms with van der Waals surface area (Å²) in [5, 5.41) is 0. The van der Waals surface area contributed by atoms with E-state index in [2.05, 4.69) is 11.3 Å². The van der Waals surface area contributed by atoms with E-state index in [4.69, 9.17) is 13.3 Å². The molecular weight excluding hydrogens is 167 g/mol. The van der Waals surface area contributed by atoms with Gasteiger partial charge in [0, 0.05) is 6.92 Å². The maximum Gasteiger partial charge on any atom is 1.00 e. The second-order valence-corrected chi connectivity index (χ2v) is 1.47. The van der Waals surface area contributed by atoms with Crippen LogP contribution in [0.4, 0.5) is 0 Å². The summed E-state index contributed by atoms with van der Waals surface area (Å²) in [6.07, 6.45) is 1.10. The van der Waals surface area contributed by atoms with Crippen LogP contribution in [-0.2, 0) is 20.9 Å². The van der Waals surface area contributed by atoms with Crippen molar-refractivity contribution in [3.63, 3.8) is 0 Å². The Morgan fingerprint density at radius 3 is 2.00 bits per heavy atom. The minimum Gasteiger partial charge on any atom is -1.00 e. The van der Waals surface area contributed by atoms with Gasteiger partial charge in [-0.3, -0.25) is 13.9 Å². The molecule has 0 spiro atoms. The van der Waals surface area contributed by atoms with E-state index < -0.39 is 11.4 Å². The number of hydrogen-bond acceptors (Lipinski definition) is 3. The average Bonchev–Trinajstić information content (AvgIpc) is 1.62. The first-order chi connectivity index (χ1) is 4.50. The summed E-state index contributed by atoms with van der Waals surface area (Å²) in [6, 6.07) is 0. The number of rotatable bonds is 1. The molecule has 11 heavy (non-hydrogen) atoms. The van der Waals surface area contributed by atoms with Gasteiger partial charge in [0.1, 0.15) is 0 Å². The van der Waals surface area contributed by atoms with Gasteiger partial charge < -0.3 is 6.16 Å². The Hall–Kier alpha value is -0.123. The molecule has 0 aromatic rings. The van der Waals surface area contributed by atoms with Crippen LogP contribution in [0.3, 0.4) is 0 Å².